The maximum Gasteiger partial charge on any atom is 0.332 e. The van der Waals surface area contributed by atoms with E-state index < -0.39 is 6.03 Å². The largest absolute Gasteiger partial charge is 0.872 e. The molecule has 13 heavy (non-hydrogen) atoms. The number of hydrogen-bond acceptors (Lipinski definition) is 4. The van der Waals surface area contributed by atoms with Gasteiger partial charge in [0.2, 0.25) is 0 Å². The molecule has 0 atom stereocenters. The summed E-state index contributed by atoms with van der Waals surface area (Å²) in [6, 6.07) is 4.30. The number of nitrogens with one attached hydrogen (secondary N) is 1. The smallest absolute Gasteiger partial charge is 0.332 e. The summed E-state index contributed by atoms with van der Waals surface area (Å²) >= 11 is 0. The summed E-state index contributed by atoms with van der Waals surface area (Å²) < 4.78 is 0. The molecule has 0 bridgehead atoms. The molecule has 0 heterocycles. The fourth-order valence-electron chi connectivity index (χ4n) is 0.756. The third-order valence-corrected chi connectivity index (χ3v) is 1.30. The minimum absolute atomic E-state index is 0.184. The molecule has 0 saturated carbocycles. The molecule has 1 rings (SSSR count). The van der Waals surface area contributed by atoms with Crippen LogP contribution in [0.2, 0.25) is 0 Å². The lowest BCUT2D eigenvalue weighted by atomic mass is 10.3. The van der Waals surface area contributed by atoms with E-state index in [1.165, 1.54) is 24.3 Å². The Hall–Kier alpha value is -1.95. The molecule has 6 nitrogen and oxygen atoms in total. The van der Waals surface area contributed by atoms with Crippen molar-refractivity contribution in [3.05, 3.63) is 24.3 Å². The van der Waals surface area contributed by atoms with Crippen molar-refractivity contribution in [3.63, 3.8) is 0 Å². The highest BCUT2D eigenvalue weighted by molar-refractivity contribution is 5.73. The SMILES string of the molecule is NC(=O)NN(O)c1ccc([O-])cc1. The molecule has 4 N–H and O–H groups in total. The van der Waals surface area contributed by atoms with Gasteiger partial charge in [-0.25, -0.2) is 10.2 Å². The Morgan fingerprint density at radius 3 is 2.46 bits per heavy atom. The summed E-state index contributed by atoms with van der Waals surface area (Å²) in [7, 11) is 0. The van der Waals surface area contributed by atoms with Gasteiger partial charge in [0.15, 0.2) is 0 Å². The molecule has 0 aliphatic heterocycles. The van der Waals surface area contributed by atoms with Crippen molar-refractivity contribution in [2.45, 2.75) is 0 Å². The van der Waals surface area contributed by atoms with E-state index in [0.717, 1.165) is 0 Å². The highest BCUT2D eigenvalue weighted by atomic mass is 16.5. The minimum Gasteiger partial charge on any atom is -0.872 e. The average molecular weight is 182 g/mol. The average Bonchev–Trinajstić information content (AvgIpc) is 2.04. The van der Waals surface area contributed by atoms with Crippen molar-refractivity contribution < 1.29 is 15.1 Å². The van der Waals surface area contributed by atoms with Crippen LogP contribution < -0.4 is 21.4 Å². The Bertz CT molecular complexity index is 298. The van der Waals surface area contributed by atoms with E-state index in [1.807, 2.05) is 5.43 Å². The van der Waals surface area contributed by atoms with E-state index in [0.29, 0.717) is 5.17 Å². The molecule has 1 aromatic carbocycles. The van der Waals surface area contributed by atoms with Crippen LogP contribution in [0.25, 0.3) is 0 Å². The van der Waals surface area contributed by atoms with Crippen LogP contribution in [0.1, 0.15) is 0 Å². The molecule has 1 aromatic rings. The van der Waals surface area contributed by atoms with Crippen molar-refractivity contribution in [2.24, 2.45) is 5.73 Å². The number of anilines is 1. The summed E-state index contributed by atoms with van der Waals surface area (Å²) in [6.45, 7) is 0. The normalized spacial score (nSPS) is 9.31. The molecule has 0 aliphatic rings. The van der Waals surface area contributed by atoms with Gasteiger partial charge in [-0.3, -0.25) is 5.21 Å². The third kappa shape index (κ3) is 2.53. The summed E-state index contributed by atoms with van der Waals surface area (Å²) in [4.78, 5) is 10.3. The van der Waals surface area contributed by atoms with Crippen molar-refractivity contribution in [1.82, 2.24) is 5.43 Å². The van der Waals surface area contributed by atoms with Crippen LogP contribution in [-0.2, 0) is 0 Å². The van der Waals surface area contributed by atoms with Crippen LogP contribution in [0, 0.1) is 0 Å². The standard InChI is InChI=1S/C7H9N3O3/c8-7(12)9-10(13)5-1-3-6(11)4-2-5/h1-4,11,13H,(H3,8,9,12)/p-1. The van der Waals surface area contributed by atoms with E-state index in [9.17, 15) is 9.90 Å². The summed E-state index contributed by atoms with van der Waals surface area (Å²) in [5.41, 5.74) is 6.90. The third-order valence-electron chi connectivity index (χ3n) is 1.30. The molecule has 6 heteroatoms. The van der Waals surface area contributed by atoms with Gasteiger partial charge in [0.25, 0.3) is 0 Å². The first-order valence-corrected chi connectivity index (χ1v) is 3.42. The first-order chi connectivity index (χ1) is 6.09. The highest BCUT2D eigenvalue weighted by Crippen LogP contribution is 2.13. The topological polar surface area (TPSA) is 102 Å². The van der Waals surface area contributed by atoms with Crippen LogP contribution in [0.15, 0.2) is 24.3 Å². The highest BCUT2D eigenvalue weighted by Gasteiger charge is 2.02. The zero-order valence-electron chi connectivity index (χ0n) is 6.60. The van der Waals surface area contributed by atoms with Crippen molar-refractivity contribution in [1.29, 1.82) is 0 Å². The van der Waals surface area contributed by atoms with Crippen molar-refractivity contribution in [2.75, 3.05) is 5.17 Å². The lowest BCUT2D eigenvalue weighted by molar-refractivity contribution is -0.268. The van der Waals surface area contributed by atoms with Crippen molar-refractivity contribution >= 4 is 11.7 Å². The Kier molecular flexibility index (Phi) is 2.56. The van der Waals surface area contributed by atoms with Gasteiger partial charge in [0.1, 0.15) is 0 Å². The summed E-state index contributed by atoms with van der Waals surface area (Å²) in [6.07, 6.45) is 0. The lowest BCUT2D eigenvalue weighted by Gasteiger charge is -2.16. The molecule has 0 aliphatic carbocycles. The van der Waals surface area contributed by atoms with Crippen LogP contribution >= 0.6 is 0 Å². The molecular weight excluding hydrogens is 174 g/mol. The van der Waals surface area contributed by atoms with Gasteiger partial charge >= 0.3 is 6.03 Å². The number of amides is 2. The minimum atomic E-state index is -0.895. The first-order valence-electron chi connectivity index (χ1n) is 3.42. The number of benzene rings is 1. The van der Waals surface area contributed by atoms with Gasteiger partial charge in [-0.1, -0.05) is 12.1 Å². The van der Waals surface area contributed by atoms with Crippen LogP contribution in [-0.4, -0.2) is 11.2 Å². The second-order valence-corrected chi connectivity index (χ2v) is 2.28. The molecule has 0 aromatic heterocycles. The maximum atomic E-state index is 10.7. The molecular formula is C7H8N3O3-. The molecule has 0 unspecified atom stereocenters. The molecule has 0 fully saturated rings. The second-order valence-electron chi connectivity index (χ2n) is 2.28. The van der Waals surface area contributed by atoms with Crippen LogP contribution in [0.4, 0.5) is 10.5 Å². The second kappa shape index (κ2) is 3.63. The number of primary amides is 1. The van der Waals surface area contributed by atoms with E-state index in [1.54, 1.807) is 0 Å². The number of nitrogens with two attached hydrogens (primary N) is 1. The van der Waals surface area contributed by atoms with Gasteiger partial charge in [-0.15, -0.1) is 5.75 Å². The van der Waals surface area contributed by atoms with Crippen LogP contribution in [0.3, 0.4) is 0 Å². The van der Waals surface area contributed by atoms with Gasteiger partial charge in [0.05, 0.1) is 5.69 Å². The van der Waals surface area contributed by atoms with E-state index >= 15 is 0 Å². The monoisotopic (exact) mass is 182 g/mol. The van der Waals surface area contributed by atoms with Gasteiger partial charge in [-0.2, -0.15) is 5.17 Å². The fourth-order valence-corrected chi connectivity index (χ4v) is 0.756. The lowest BCUT2D eigenvalue weighted by Crippen LogP contribution is -2.43. The fraction of sp³-hybridized carbons (Fsp3) is 0. The van der Waals surface area contributed by atoms with E-state index in [-0.39, 0.29) is 11.4 Å². The Morgan fingerprint density at radius 1 is 1.46 bits per heavy atom. The first kappa shape index (κ1) is 9.14. The van der Waals surface area contributed by atoms with Gasteiger partial charge in [-0.05, 0) is 12.1 Å². The zero-order valence-corrected chi connectivity index (χ0v) is 6.60. The number of hydrogen-bond donors (Lipinski definition) is 3. The van der Waals surface area contributed by atoms with Gasteiger partial charge < -0.3 is 10.8 Å². The predicted octanol–water partition coefficient (Wildman–Crippen LogP) is -0.461. The Labute approximate surface area is 74.1 Å². The Balaban J connectivity index is 2.71. The van der Waals surface area contributed by atoms with E-state index in [2.05, 4.69) is 0 Å². The number of nitrogens with zero attached hydrogens (tertiary/aromatic N) is 1. The molecule has 0 saturated heterocycles. The number of urea groups is 1. The predicted molar refractivity (Wildman–Crippen MR) is 42.9 cm³/mol. The molecule has 2 amide bonds. The number of carbonyl (C=O) groups is 1. The summed E-state index contributed by atoms with van der Waals surface area (Å²) in [5, 5.41) is 20.2. The molecule has 0 radical (unpaired) electrons. The number of carbonyl (C=O) groups excluding carboxylic acids is 1. The van der Waals surface area contributed by atoms with Crippen LogP contribution in [0.5, 0.6) is 5.75 Å². The molecule has 70 valence electrons. The number of rotatable bonds is 2. The summed E-state index contributed by atoms with van der Waals surface area (Å²) in [5.74, 6) is -0.184. The maximum absolute atomic E-state index is 10.7. The quantitative estimate of drug-likeness (QED) is 0.538. The Morgan fingerprint density at radius 2 is 2.00 bits per heavy atom. The number of hydrazine groups is 1. The molecule has 0 spiro atoms. The van der Waals surface area contributed by atoms with E-state index in [4.69, 9.17) is 10.9 Å². The zero-order chi connectivity index (χ0) is 9.84. The van der Waals surface area contributed by atoms with Gasteiger partial charge in [0, 0.05) is 0 Å². The van der Waals surface area contributed by atoms with Crippen molar-refractivity contribution in [3.8, 4) is 5.75 Å².